The van der Waals surface area contributed by atoms with Gasteiger partial charge in [-0.2, -0.15) is 5.26 Å². The van der Waals surface area contributed by atoms with E-state index < -0.39 is 0 Å². The van der Waals surface area contributed by atoms with Gasteiger partial charge >= 0.3 is 0 Å². The van der Waals surface area contributed by atoms with Crippen LogP contribution in [0.4, 0.5) is 4.39 Å². The number of likely N-dealkylation sites (tertiary alicyclic amines) is 1. The highest BCUT2D eigenvalue weighted by atomic mass is 19.1. The monoisotopic (exact) mass is 394 g/mol. The fraction of sp³-hybridized carbons (Fsp3) is 0.364. The first-order valence-electron chi connectivity index (χ1n) is 9.52. The molecule has 2 aromatic rings. The van der Waals surface area contributed by atoms with Crippen LogP contribution in [0.1, 0.15) is 43.5 Å². The Morgan fingerprint density at radius 1 is 1.38 bits per heavy atom. The van der Waals surface area contributed by atoms with Crippen molar-refractivity contribution >= 4 is 5.91 Å². The summed E-state index contributed by atoms with van der Waals surface area (Å²) in [6, 6.07) is 9.75. The maximum Gasteiger partial charge on any atom is 0.223 e. The molecule has 6 nitrogen and oxygen atoms in total. The maximum atomic E-state index is 13.6. The first-order chi connectivity index (χ1) is 14.0. The van der Waals surface area contributed by atoms with Crippen molar-refractivity contribution in [1.29, 1.82) is 5.26 Å². The van der Waals surface area contributed by atoms with Gasteiger partial charge in [0.05, 0.1) is 6.04 Å². The molecule has 2 unspecified atom stereocenters. The van der Waals surface area contributed by atoms with E-state index in [1.807, 2.05) is 17.0 Å². The van der Waals surface area contributed by atoms with Crippen LogP contribution in [-0.4, -0.2) is 33.9 Å². The highest BCUT2D eigenvalue weighted by Crippen LogP contribution is 2.36. The van der Waals surface area contributed by atoms with E-state index in [0.717, 1.165) is 17.6 Å². The smallest absolute Gasteiger partial charge is 0.223 e. The lowest BCUT2D eigenvalue weighted by molar-refractivity contribution is -0.132. The van der Waals surface area contributed by atoms with Crippen LogP contribution in [0.3, 0.4) is 0 Å². The molecule has 1 amide bonds. The fourth-order valence-electron chi connectivity index (χ4n) is 3.51. The number of ether oxygens (including phenoxy) is 1. The first kappa shape index (κ1) is 20.5. The van der Waals surface area contributed by atoms with E-state index in [0.29, 0.717) is 31.2 Å². The summed E-state index contributed by atoms with van der Waals surface area (Å²) in [7, 11) is 0. The summed E-state index contributed by atoms with van der Waals surface area (Å²) < 4.78 is 19.1. The molecule has 2 atom stereocenters. The molecule has 1 aliphatic heterocycles. The molecule has 0 aliphatic carbocycles. The standard InChI is InChI=1S/C22H23FN4O2/c1-15(13-29-21-10-19(11-24)25-14-26-21)6-7-22(28)27-12-16(2)8-20(27)17-4-3-5-18(23)9-17/h3-5,9-10,14,16,20H,1,6-8,12-13H2,2H3. The van der Waals surface area contributed by atoms with Crippen LogP contribution in [0.15, 0.2) is 48.8 Å². The average molecular weight is 394 g/mol. The number of amides is 1. The lowest BCUT2D eigenvalue weighted by Gasteiger charge is -2.25. The van der Waals surface area contributed by atoms with Crippen molar-refractivity contribution in [2.45, 2.75) is 32.2 Å². The van der Waals surface area contributed by atoms with Gasteiger partial charge in [0.25, 0.3) is 0 Å². The minimum atomic E-state index is -0.288. The Kier molecular flexibility index (Phi) is 6.55. The summed E-state index contributed by atoms with van der Waals surface area (Å²) in [5.74, 6) is 0.400. The number of hydrogen-bond acceptors (Lipinski definition) is 5. The molecular weight excluding hydrogens is 371 g/mol. The first-order valence-corrected chi connectivity index (χ1v) is 9.52. The molecule has 150 valence electrons. The van der Waals surface area contributed by atoms with Crippen molar-refractivity contribution in [3.05, 3.63) is 65.9 Å². The third-order valence-electron chi connectivity index (χ3n) is 4.94. The van der Waals surface area contributed by atoms with Crippen molar-refractivity contribution < 1.29 is 13.9 Å². The minimum absolute atomic E-state index is 0.0264. The van der Waals surface area contributed by atoms with Gasteiger partial charge < -0.3 is 9.64 Å². The van der Waals surface area contributed by atoms with Gasteiger partial charge in [-0.25, -0.2) is 14.4 Å². The van der Waals surface area contributed by atoms with Crippen LogP contribution < -0.4 is 4.74 Å². The third kappa shape index (κ3) is 5.38. The molecule has 1 saturated heterocycles. The second-order valence-electron chi connectivity index (χ2n) is 7.35. The van der Waals surface area contributed by atoms with Crippen LogP contribution >= 0.6 is 0 Å². The van der Waals surface area contributed by atoms with Gasteiger partial charge in [0.2, 0.25) is 11.8 Å². The second-order valence-corrected chi connectivity index (χ2v) is 7.35. The molecule has 0 bridgehead atoms. The maximum absolute atomic E-state index is 13.6. The van der Waals surface area contributed by atoms with Gasteiger partial charge in [0.1, 0.15) is 30.5 Å². The summed E-state index contributed by atoms with van der Waals surface area (Å²) in [6.45, 7) is 6.94. The molecular formula is C22H23FN4O2. The van der Waals surface area contributed by atoms with Crippen LogP contribution in [-0.2, 0) is 4.79 Å². The zero-order valence-electron chi connectivity index (χ0n) is 16.3. The second kappa shape index (κ2) is 9.28. The normalized spacial score (nSPS) is 18.3. The molecule has 0 saturated carbocycles. The molecule has 1 aliphatic rings. The Hall–Kier alpha value is -3.27. The Morgan fingerprint density at radius 3 is 2.97 bits per heavy atom. The van der Waals surface area contributed by atoms with Gasteiger partial charge in [-0.05, 0) is 42.0 Å². The van der Waals surface area contributed by atoms with Crippen LogP contribution in [0.2, 0.25) is 0 Å². The van der Waals surface area contributed by atoms with E-state index in [9.17, 15) is 9.18 Å². The average Bonchev–Trinajstić information content (AvgIpc) is 3.12. The molecule has 0 spiro atoms. The van der Waals surface area contributed by atoms with E-state index in [-0.39, 0.29) is 30.1 Å². The number of halogens is 1. The van der Waals surface area contributed by atoms with Crippen molar-refractivity contribution in [3.8, 4) is 11.9 Å². The lowest BCUT2D eigenvalue weighted by Crippen LogP contribution is -2.31. The van der Waals surface area contributed by atoms with E-state index >= 15 is 0 Å². The topological polar surface area (TPSA) is 79.1 Å². The van der Waals surface area contributed by atoms with Gasteiger partial charge in [-0.1, -0.05) is 25.6 Å². The van der Waals surface area contributed by atoms with E-state index in [1.165, 1.54) is 24.5 Å². The highest BCUT2D eigenvalue weighted by molar-refractivity contribution is 5.77. The Labute approximate surface area is 169 Å². The molecule has 2 heterocycles. The van der Waals surface area contributed by atoms with Crippen molar-refractivity contribution in [3.63, 3.8) is 0 Å². The summed E-state index contributed by atoms with van der Waals surface area (Å²) in [4.78, 5) is 22.4. The van der Waals surface area contributed by atoms with Gasteiger partial charge in [-0.15, -0.1) is 0 Å². The molecule has 0 N–H and O–H groups in total. The summed E-state index contributed by atoms with van der Waals surface area (Å²) in [6.07, 6.45) is 2.89. The Morgan fingerprint density at radius 2 is 2.21 bits per heavy atom. The van der Waals surface area contributed by atoms with E-state index in [1.54, 1.807) is 6.07 Å². The van der Waals surface area contributed by atoms with E-state index in [2.05, 4.69) is 23.5 Å². The summed E-state index contributed by atoms with van der Waals surface area (Å²) in [5, 5.41) is 8.85. The zero-order valence-corrected chi connectivity index (χ0v) is 16.3. The van der Waals surface area contributed by atoms with Gasteiger partial charge in [0, 0.05) is 19.0 Å². The Bertz CT molecular complexity index is 940. The SMILES string of the molecule is C=C(CCC(=O)N1CC(C)CC1c1cccc(F)c1)COc1cc(C#N)ncn1. The predicted octanol–water partition coefficient (Wildman–Crippen LogP) is 3.81. The number of carbonyl (C=O) groups excluding carboxylic acids is 1. The quantitative estimate of drug-likeness (QED) is 0.667. The van der Waals surface area contributed by atoms with Crippen LogP contribution in [0.5, 0.6) is 5.88 Å². The predicted molar refractivity (Wildman–Crippen MR) is 105 cm³/mol. The summed E-state index contributed by atoms with van der Waals surface area (Å²) >= 11 is 0. The van der Waals surface area contributed by atoms with Gasteiger partial charge in [-0.3, -0.25) is 4.79 Å². The molecule has 29 heavy (non-hydrogen) atoms. The number of aromatic nitrogens is 2. The number of nitrogens with zero attached hydrogens (tertiary/aromatic N) is 4. The Balaban J connectivity index is 1.53. The fourth-order valence-corrected chi connectivity index (χ4v) is 3.51. The third-order valence-corrected chi connectivity index (χ3v) is 4.94. The number of carbonyl (C=O) groups is 1. The molecule has 1 aromatic carbocycles. The number of nitriles is 1. The van der Waals surface area contributed by atoms with Gasteiger partial charge in [0.15, 0.2) is 0 Å². The van der Waals surface area contributed by atoms with Crippen molar-refractivity contribution in [2.24, 2.45) is 5.92 Å². The van der Waals surface area contributed by atoms with E-state index in [4.69, 9.17) is 10.00 Å². The molecule has 1 aromatic heterocycles. The molecule has 3 rings (SSSR count). The van der Waals surface area contributed by atoms with Crippen molar-refractivity contribution in [2.75, 3.05) is 13.2 Å². The number of rotatable bonds is 7. The number of hydrogen-bond donors (Lipinski definition) is 0. The number of benzene rings is 1. The molecule has 7 heteroatoms. The largest absolute Gasteiger partial charge is 0.473 e. The van der Waals surface area contributed by atoms with Crippen LogP contribution in [0.25, 0.3) is 0 Å². The highest BCUT2D eigenvalue weighted by Gasteiger charge is 2.33. The van der Waals surface area contributed by atoms with Crippen molar-refractivity contribution in [1.82, 2.24) is 14.9 Å². The minimum Gasteiger partial charge on any atom is -0.473 e. The van der Waals surface area contributed by atoms with Crippen LogP contribution in [0, 0.1) is 23.1 Å². The molecule has 1 fully saturated rings. The zero-order chi connectivity index (χ0) is 20.8. The lowest BCUT2D eigenvalue weighted by atomic mass is 10.0. The summed E-state index contributed by atoms with van der Waals surface area (Å²) in [5.41, 5.74) is 1.81. The molecule has 0 radical (unpaired) electrons.